The molecule has 2 heteroatoms. The van der Waals surface area contributed by atoms with Gasteiger partial charge in [-0.2, -0.15) is 0 Å². The van der Waals surface area contributed by atoms with Crippen molar-refractivity contribution in [3.05, 3.63) is 0 Å². The van der Waals surface area contributed by atoms with Crippen LogP contribution in [0, 0.1) is 0 Å². The molecule has 2 rings (SSSR count). The summed E-state index contributed by atoms with van der Waals surface area (Å²) in [5.41, 5.74) is 0.312. The van der Waals surface area contributed by atoms with E-state index >= 15 is 0 Å². The van der Waals surface area contributed by atoms with E-state index < -0.39 is 0 Å². The molecule has 0 amide bonds. The molecule has 2 aliphatic rings. The van der Waals surface area contributed by atoms with Crippen LogP contribution in [0.2, 0.25) is 0 Å². The van der Waals surface area contributed by atoms with Crippen molar-refractivity contribution in [2.45, 2.75) is 115 Å². The maximum atomic E-state index is 6.49. The standard InChI is InChI=1S/C19H37NO/c1-3-9-17(20-16-4-2)10-8-11-18-12-15-19(21-18)13-6-5-7-14-19/h17-18,20H,3-16H2,1-2H3. The van der Waals surface area contributed by atoms with E-state index in [2.05, 4.69) is 19.2 Å². The van der Waals surface area contributed by atoms with Crippen LogP contribution in [0.3, 0.4) is 0 Å². The second-order valence-electron chi connectivity index (χ2n) is 7.39. The molecule has 2 fully saturated rings. The van der Waals surface area contributed by atoms with Gasteiger partial charge in [-0.15, -0.1) is 0 Å². The fraction of sp³-hybridized carbons (Fsp3) is 1.00. The smallest absolute Gasteiger partial charge is 0.0687 e. The number of hydrogen-bond donors (Lipinski definition) is 1. The highest BCUT2D eigenvalue weighted by Gasteiger charge is 2.40. The zero-order valence-corrected chi connectivity index (χ0v) is 14.5. The Morgan fingerprint density at radius 2 is 1.86 bits per heavy atom. The zero-order chi connectivity index (χ0) is 15.0. The van der Waals surface area contributed by atoms with Gasteiger partial charge in [0.15, 0.2) is 0 Å². The summed E-state index contributed by atoms with van der Waals surface area (Å²) in [4.78, 5) is 0. The first-order chi connectivity index (χ1) is 10.3. The maximum Gasteiger partial charge on any atom is 0.0687 e. The van der Waals surface area contributed by atoms with Crippen LogP contribution < -0.4 is 5.32 Å². The third kappa shape index (κ3) is 5.56. The molecule has 2 atom stereocenters. The summed E-state index contributed by atoms with van der Waals surface area (Å²) in [7, 11) is 0. The normalized spacial score (nSPS) is 26.3. The minimum atomic E-state index is 0.312. The minimum absolute atomic E-state index is 0.312. The lowest BCUT2D eigenvalue weighted by Crippen LogP contribution is -2.32. The van der Waals surface area contributed by atoms with Gasteiger partial charge in [0, 0.05) is 6.04 Å². The molecule has 1 spiro atoms. The quantitative estimate of drug-likeness (QED) is 0.630. The van der Waals surface area contributed by atoms with Crippen molar-refractivity contribution < 1.29 is 4.74 Å². The van der Waals surface area contributed by atoms with Crippen LogP contribution >= 0.6 is 0 Å². The predicted octanol–water partition coefficient (Wildman–Crippen LogP) is 5.21. The monoisotopic (exact) mass is 295 g/mol. The van der Waals surface area contributed by atoms with Crippen LogP contribution in [0.15, 0.2) is 0 Å². The van der Waals surface area contributed by atoms with E-state index in [0.717, 1.165) is 6.04 Å². The summed E-state index contributed by atoms with van der Waals surface area (Å²) < 4.78 is 6.49. The van der Waals surface area contributed by atoms with E-state index in [1.165, 1.54) is 90.0 Å². The van der Waals surface area contributed by atoms with Crippen LogP contribution in [0.1, 0.15) is 97.3 Å². The molecule has 0 bridgehead atoms. The lowest BCUT2D eigenvalue weighted by molar-refractivity contribution is -0.0662. The van der Waals surface area contributed by atoms with Crippen LogP contribution in [-0.2, 0) is 4.74 Å². The van der Waals surface area contributed by atoms with Crippen LogP contribution in [0.25, 0.3) is 0 Å². The fourth-order valence-corrected chi connectivity index (χ4v) is 4.30. The first kappa shape index (κ1) is 17.3. The Morgan fingerprint density at radius 3 is 2.57 bits per heavy atom. The van der Waals surface area contributed by atoms with Crippen LogP contribution in [-0.4, -0.2) is 24.3 Å². The molecular formula is C19H37NO. The molecule has 0 aromatic heterocycles. The molecule has 1 saturated heterocycles. The Balaban J connectivity index is 1.64. The third-order valence-electron chi connectivity index (χ3n) is 5.50. The second kappa shape index (κ2) is 9.15. The van der Waals surface area contributed by atoms with Gasteiger partial charge in [-0.05, 0) is 64.3 Å². The molecular weight excluding hydrogens is 258 g/mol. The topological polar surface area (TPSA) is 21.3 Å². The summed E-state index contributed by atoms with van der Waals surface area (Å²) in [5.74, 6) is 0. The Morgan fingerprint density at radius 1 is 1.05 bits per heavy atom. The Labute approximate surface area is 132 Å². The highest BCUT2D eigenvalue weighted by Crippen LogP contribution is 2.42. The molecule has 2 nitrogen and oxygen atoms in total. The fourth-order valence-electron chi connectivity index (χ4n) is 4.30. The molecule has 21 heavy (non-hydrogen) atoms. The van der Waals surface area contributed by atoms with Crippen LogP contribution in [0.5, 0.6) is 0 Å². The van der Waals surface area contributed by atoms with Crippen molar-refractivity contribution in [1.29, 1.82) is 0 Å². The summed E-state index contributed by atoms with van der Waals surface area (Å²) in [5, 5.41) is 3.71. The predicted molar refractivity (Wildman–Crippen MR) is 90.8 cm³/mol. The third-order valence-corrected chi connectivity index (χ3v) is 5.50. The highest BCUT2D eigenvalue weighted by molar-refractivity contribution is 4.91. The lowest BCUT2D eigenvalue weighted by atomic mass is 9.83. The van der Waals surface area contributed by atoms with Gasteiger partial charge in [-0.25, -0.2) is 0 Å². The minimum Gasteiger partial charge on any atom is -0.372 e. The summed E-state index contributed by atoms with van der Waals surface area (Å²) >= 11 is 0. The van der Waals surface area contributed by atoms with E-state index in [0.29, 0.717) is 11.7 Å². The molecule has 1 saturated carbocycles. The molecule has 1 N–H and O–H groups in total. The van der Waals surface area contributed by atoms with Gasteiger partial charge in [0.1, 0.15) is 0 Å². The summed E-state index contributed by atoms with van der Waals surface area (Å²) in [6.07, 6.45) is 17.9. The van der Waals surface area contributed by atoms with E-state index in [-0.39, 0.29) is 0 Å². The van der Waals surface area contributed by atoms with Gasteiger partial charge in [0.25, 0.3) is 0 Å². The Bertz CT molecular complexity index is 273. The Hall–Kier alpha value is -0.0800. The number of rotatable bonds is 9. The average Bonchev–Trinajstić information content (AvgIpc) is 2.88. The lowest BCUT2D eigenvalue weighted by Gasteiger charge is -2.33. The van der Waals surface area contributed by atoms with Gasteiger partial charge in [0.05, 0.1) is 11.7 Å². The number of hydrogen-bond acceptors (Lipinski definition) is 2. The van der Waals surface area contributed by atoms with Crippen LogP contribution in [0.4, 0.5) is 0 Å². The number of ether oxygens (including phenoxy) is 1. The first-order valence-electron chi connectivity index (χ1n) is 9.69. The maximum absolute atomic E-state index is 6.49. The van der Waals surface area contributed by atoms with Crippen molar-refractivity contribution in [2.75, 3.05) is 6.54 Å². The van der Waals surface area contributed by atoms with Crippen molar-refractivity contribution >= 4 is 0 Å². The van der Waals surface area contributed by atoms with Gasteiger partial charge in [0.2, 0.25) is 0 Å². The molecule has 124 valence electrons. The summed E-state index contributed by atoms with van der Waals surface area (Å²) in [6, 6.07) is 0.736. The van der Waals surface area contributed by atoms with Gasteiger partial charge >= 0.3 is 0 Å². The van der Waals surface area contributed by atoms with Gasteiger partial charge in [-0.1, -0.05) is 39.5 Å². The van der Waals surface area contributed by atoms with E-state index in [9.17, 15) is 0 Å². The van der Waals surface area contributed by atoms with E-state index in [1.54, 1.807) is 0 Å². The van der Waals surface area contributed by atoms with E-state index in [4.69, 9.17) is 4.74 Å². The molecule has 2 unspecified atom stereocenters. The molecule has 0 aromatic carbocycles. The second-order valence-corrected chi connectivity index (χ2v) is 7.39. The van der Waals surface area contributed by atoms with Crippen molar-refractivity contribution in [3.8, 4) is 0 Å². The summed E-state index contributed by atoms with van der Waals surface area (Å²) in [6.45, 7) is 5.73. The van der Waals surface area contributed by atoms with Gasteiger partial charge < -0.3 is 10.1 Å². The highest BCUT2D eigenvalue weighted by atomic mass is 16.5. The molecule has 1 heterocycles. The van der Waals surface area contributed by atoms with Gasteiger partial charge in [-0.3, -0.25) is 0 Å². The van der Waals surface area contributed by atoms with Crippen molar-refractivity contribution in [2.24, 2.45) is 0 Å². The van der Waals surface area contributed by atoms with E-state index in [1.807, 2.05) is 0 Å². The molecule has 0 radical (unpaired) electrons. The largest absolute Gasteiger partial charge is 0.372 e. The first-order valence-corrected chi connectivity index (χ1v) is 9.69. The zero-order valence-electron chi connectivity index (χ0n) is 14.5. The van der Waals surface area contributed by atoms with Crippen molar-refractivity contribution in [1.82, 2.24) is 5.32 Å². The molecule has 1 aliphatic heterocycles. The average molecular weight is 296 g/mol. The Kier molecular flexibility index (Phi) is 7.53. The SMILES string of the molecule is CCCNC(CCC)CCCC1CCC2(CCCCC2)O1. The van der Waals surface area contributed by atoms with Crippen molar-refractivity contribution in [3.63, 3.8) is 0 Å². The molecule has 1 aliphatic carbocycles. The number of nitrogens with one attached hydrogen (secondary N) is 1. The molecule has 0 aromatic rings.